The Morgan fingerprint density at radius 3 is 2.75 bits per heavy atom. The predicted molar refractivity (Wildman–Crippen MR) is 75.3 cm³/mol. The van der Waals surface area contributed by atoms with Gasteiger partial charge in [0, 0.05) is 6.04 Å². The number of nitrogens with two attached hydrogens (primary N) is 1. The minimum Gasteiger partial charge on any atom is -0.369 e. The monoisotopic (exact) mass is 279 g/mol. The standard InChI is InChI=1S/C15H19F2N3/c1-9-5-3-2-4-6-12(9)20-14-11(19-15(20)18)8-7-10(16)13(14)17/h7-9,12H,2-6H2,1H3,(H2,18,19). The van der Waals surface area contributed by atoms with E-state index in [1.807, 2.05) is 0 Å². The summed E-state index contributed by atoms with van der Waals surface area (Å²) in [5.74, 6) is -1.02. The zero-order valence-electron chi connectivity index (χ0n) is 11.6. The van der Waals surface area contributed by atoms with Gasteiger partial charge in [0.2, 0.25) is 5.95 Å². The lowest BCUT2D eigenvalue weighted by Crippen LogP contribution is -2.18. The van der Waals surface area contributed by atoms with Crippen molar-refractivity contribution < 1.29 is 8.78 Å². The number of hydrogen-bond donors (Lipinski definition) is 1. The van der Waals surface area contributed by atoms with Gasteiger partial charge in [-0.1, -0.05) is 26.2 Å². The average molecular weight is 279 g/mol. The number of halogens is 2. The third-order valence-electron chi connectivity index (χ3n) is 4.42. The summed E-state index contributed by atoms with van der Waals surface area (Å²) >= 11 is 0. The first kappa shape index (κ1) is 13.3. The van der Waals surface area contributed by atoms with E-state index in [1.165, 1.54) is 18.9 Å². The van der Waals surface area contributed by atoms with E-state index in [2.05, 4.69) is 11.9 Å². The lowest BCUT2D eigenvalue weighted by Gasteiger charge is -2.24. The maximum atomic E-state index is 14.2. The molecule has 0 bridgehead atoms. The fourth-order valence-electron chi connectivity index (χ4n) is 3.33. The molecule has 3 rings (SSSR count). The van der Waals surface area contributed by atoms with Gasteiger partial charge in [0.25, 0.3) is 0 Å². The maximum Gasteiger partial charge on any atom is 0.201 e. The first-order valence-electron chi connectivity index (χ1n) is 7.21. The number of nitrogens with zero attached hydrogens (tertiary/aromatic N) is 2. The molecule has 20 heavy (non-hydrogen) atoms. The van der Waals surface area contributed by atoms with Crippen molar-refractivity contribution >= 4 is 17.0 Å². The molecule has 0 aliphatic heterocycles. The van der Waals surface area contributed by atoms with E-state index in [9.17, 15) is 8.78 Å². The van der Waals surface area contributed by atoms with Gasteiger partial charge in [-0.05, 0) is 30.9 Å². The molecule has 2 aromatic rings. The molecule has 0 saturated heterocycles. The summed E-state index contributed by atoms with van der Waals surface area (Å²) in [4.78, 5) is 4.19. The van der Waals surface area contributed by atoms with Crippen LogP contribution in [0.3, 0.4) is 0 Å². The summed E-state index contributed by atoms with van der Waals surface area (Å²) < 4.78 is 29.4. The number of imidazole rings is 1. The van der Waals surface area contributed by atoms with E-state index >= 15 is 0 Å². The molecule has 1 aromatic carbocycles. The number of benzene rings is 1. The van der Waals surface area contributed by atoms with Gasteiger partial charge in [0.05, 0.1) is 5.52 Å². The molecule has 1 aliphatic rings. The molecule has 3 nitrogen and oxygen atoms in total. The van der Waals surface area contributed by atoms with Crippen molar-refractivity contribution in [3.05, 3.63) is 23.8 Å². The van der Waals surface area contributed by atoms with Gasteiger partial charge in [-0.2, -0.15) is 0 Å². The van der Waals surface area contributed by atoms with Crippen LogP contribution in [0, 0.1) is 17.6 Å². The molecule has 2 N–H and O–H groups in total. The molecular formula is C15H19F2N3. The zero-order chi connectivity index (χ0) is 14.3. The Morgan fingerprint density at radius 1 is 1.20 bits per heavy atom. The topological polar surface area (TPSA) is 43.8 Å². The first-order chi connectivity index (χ1) is 9.59. The third kappa shape index (κ3) is 2.05. The minimum atomic E-state index is -0.847. The van der Waals surface area contributed by atoms with Crippen molar-refractivity contribution in [2.24, 2.45) is 5.92 Å². The second-order valence-corrected chi connectivity index (χ2v) is 5.75. The molecule has 1 saturated carbocycles. The molecule has 1 aromatic heterocycles. The van der Waals surface area contributed by atoms with E-state index < -0.39 is 11.6 Å². The first-order valence-corrected chi connectivity index (χ1v) is 7.21. The Kier molecular flexibility index (Phi) is 3.36. The van der Waals surface area contributed by atoms with Crippen LogP contribution in [0.5, 0.6) is 0 Å². The van der Waals surface area contributed by atoms with Crippen molar-refractivity contribution in [2.45, 2.75) is 45.1 Å². The molecule has 1 fully saturated rings. The summed E-state index contributed by atoms with van der Waals surface area (Å²) in [5.41, 5.74) is 6.62. The molecule has 108 valence electrons. The molecule has 0 radical (unpaired) electrons. The number of nitrogen functional groups attached to an aromatic ring is 1. The van der Waals surface area contributed by atoms with E-state index in [-0.39, 0.29) is 17.5 Å². The molecule has 1 heterocycles. The maximum absolute atomic E-state index is 14.2. The highest BCUT2D eigenvalue weighted by Gasteiger charge is 2.27. The molecule has 2 atom stereocenters. The highest BCUT2D eigenvalue weighted by molar-refractivity contribution is 5.79. The van der Waals surface area contributed by atoms with E-state index in [0.717, 1.165) is 25.3 Å². The Hall–Kier alpha value is -1.65. The number of anilines is 1. The zero-order valence-corrected chi connectivity index (χ0v) is 11.6. The Labute approximate surface area is 116 Å². The van der Waals surface area contributed by atoms with Crippen LogP contribution in [-0.2, 0) is 0 Å². The lowest BCUT2D eigenvalue weighted by atomic mass is 9.96. The highest BCUT2D eigenvalue weighted by Crippen LogP contribution is 2.37. The summed E-state index contributed by atoms with van der Waals surface area (Å²) in [5, 5.41) is 0. The number of hydrogen-bond acceptors (Lipinski definition) is 2. The quantitative estimate of drug-likeness (QED) is 0.801. The van der Waals surface area contributed by atoms with Gasteiger partial charge in [0.1, 0.15) is 5.52 Å². The average Bonchev–Trinajstić information content (AvgIpc) is 2.60. The Balaban J connectivity index is 2.19. The third-order valence-corrected chi connectivity index (χ3v) is 4.42. The van der Waals surface area contributed by atoms with Crippen LogP contribution >= 0.6 is 0 Å². The predicted octanol–water partition coefficient (Wildman–Crippen LogP) is 4.04. The number of aromatic nitrogens is 2. The second-order valence-electron chi connectivity index (χ2n) is 5.75. The Bertz CT molecular complexity index is 636. The smallest absolute Gasteiger partial charge is 0.201 e. The van der Waals surface area contributed by atoms with Crippen molar-refractivity contribution in [2.75, 3.05) is 5.73 Å². The van der Waals surface area contributed by atoms with Crippen LogP contribution in [0.1, 0.15) is 45.1 Å². The number of rotatable bonds is 1. The van der Waals surface area contributed by atoms with E-state index in [1.54, 1.807) is 4.57 Å². The molecular weight excluding hydrogens is 260 g/mol. The van der Waals surface area contributed by atoms with Gasteiger partial charge in [-0.25, -0.2) is 13.8 Å². The summed E-state index contributed by atoms with van der Waals surface area (Å²) in [6.45, 7) is 2.15. The van der Waals surface area contributed by atoms with Crippen LogP contribution in [0.25, 0.3) is 11.0 Å². The van der Waals surface area contributed by atoms with Crippen molar-refractivity contribution in [1.29, 1.82) is 0 Å². The van der Waals surface area contributed by atoms with Crippen LogP contribution < -0.4 is 5.73 Å². The lowest BCUT2D eigenvalue weighted by molar-refractivity contribution is 0.341. The van der Waals surface area contributed by atoms with Gasteiger partial charge < -0.3 is 10.3 Å². The van der Waals surface area contributed by atoms with Crippen LogP contribution in [0.2, 0.25) is 0 Å². The molecule has 1 aliphatic carbocycles. The van der Waals surface area contributed by atoms with Crippen LogP contribution in [0.4, 0.5) is 14.7 Å². The van der Waals surface area contributed by atoms with Crippen LogP contribution in [-0.4, -0.2) is 9.55 Å². The van der Waals surface area contributed by atoms with E-state index in [4.69, 9.17) is 5.73 Å². The fraction of sp³-hybridized carbons (Fsp3) is 0.533. The molecule has 2 unspecified atom stereocenters. The van der Waals surface area contributed by atoms with E-state index in [0.29, 0.717) is 11.4 Å². The van der Waals surface area contributed by atoms with Crippen LogP contribution in [0.15, 0.2) is 12.1 Å². The summed E-state index contributed by atoms with van der Waals surface area (Å²) in [6, 6.07) is 2.69. The van der Waals surface area contributed by atoms with Crippen molar-refractivity contribution in [3.63, 3.8) is 0 Å². The second kappa shape index (κ2) is 5.04. The fourth-order valence-corrected chi connectivity index (χ4v) is 3.33. The Morgan fingerprint density at radius 2 is 1.95 bits per heavy atom. The van der Waals surface area contributed by atoms with Gasteiger partial charge >= 0.3 is 0 Å². The minimum absolute atomic E-state index is 0.0961. The van der Waals surface area contributed by atoms with Crippen molar-refractivity contribution in [1.82, 2.24) is 9.55 Å². The van der Waals surface area contributed by atoms with Gasteiger partial charge in [-0.15, -0.1) is 0 Å². The SMILES string of the molecule is CC1CCCCCC1n1c(N)nc2ccc(F)c(F)c21. The normalized spacial score (nSPS) is 23.9. The molecule has 0 spiro atoms. The highest BCUT2D eigenvalue weighted by atomic mass is 19.2. The van der Waals surface area contributed by atoms with Gasteiger partial charge in [-0.3, -0.25) is 0 Å². The molecule has 5 heteroatoms. The molecule has 0 amide bonds. The largest absolute Gasteiger partial charge is 0.369 e. The summed E-state index contributed by atoms with van der Waals surface area (Å²) in [7, 11) is 0. The van der Waals surface area contributed by atoms with Gasteiger partial charge in [0.15, 0.2) is 11.6 Å². The number of fused-ring (bicyclic) bond motifs is 1. The summed E-state index contributed by atoms with van der Waals surface area (Å²) in [6.07, 6.45) is 5.48. The van der Waals surface area contributed by atoms with Crippen molar-refractivity contribution in [3.8, 4) is 0 Å².